The molecular formula is C9H15NO. The van der Waals surface area contributed by atoms with Crippen molar-refractivity contribution in [3.05, 3.63) is 0 Å². The van der Waals surface area contributed by atoms with Crippen LogP contribution in [-0.4, -0.2) is 23.8 Å². The molecule has 2 N–H and O–H groups in total. The van der Waals surface area contributed by atoms with Crippen molar-refractivity contribution in [1.29, 1.82) is 0 Å². The molecule has 1 aliphatic rings. The van der Waals surface area contributed by atoms with Gasteiger partial charge in [0.25, 0.3) is 0 Å². The van der Waals surface area contributed by atoms with Crippen molar-refractivity contribution >= 4 is 0 Å². The van der Waals surface area contributed by atoms with Gasteiger partial charge in [-0.25, -0.2) is 0 Å². The summed E-state index contributed by atoms with van der Waals surface area (Å²) < 4.78 is 0. The molecule has 2 nitrogen and oxygen atoms in total. The molecule has 11 heavy (non-hydrogen) atoms. The molecular weight excluding hydrogens is 138 g/mol. The minimum absolute atomic E-state index is 0.0726. The van der Waals surface area contributed by atoms with Crippen LogP contribution in [0.1, 0.15) is 19.8 Å². The number of hydrogen-bond acceptors (Lipinski definition) is 2. The molecule has 1 fully saturated rings. The fraction of sp³-hybridized carbons (Fsp3) is 0.778. The maximum absolute atomic E-state index is 9.40. The number of nitrogens with one attached hydrogen (secondary N) is 1. The molecule has 0 saturated heterocycles. The van der Waals surface area contributed by atoms with E-state index in [1.54, 1.807) is 0 Å². The van der Waals surface area contributed by atoms with Crippen LogP contribution in [-0.2, 0) is 0 Å². The molecule has 0 aromatic rings. The highest BCUT2D eigenvalue weighted by molar-refractivity contribution is 4.96. The van der Waals surface area contributed by atoms with Gasteiger partial charge < -0.3 is 10.4 Å². The van der Waals surface area contributed by atoms with E-state index in [0.29, 0.717) is 12.5 Å². The summed E-state index contributed by atoms with van der Waals surface area (Å²) in [6.45, 7) is 2.55. The Bertz CT molecular complexity index is 157. The van der Waals surface area contributed by atoms with Gasteiger partial charge in [0.2, 0.25) is 0 Å². The molecule has 0 radical (unpaired) electrons. The molecule has 0 amide bonds. The van der Waals surface area contributed by atoms with Gasteiger partial charge in [0, 0.05) is 6.54 Å². The van der Waals surface area contributed by atoms with Crippen molar-refractivity contribution in [2.24, 2.45) is 5.92 Å². The standard InChI is InChI=1S/C9H15NO/c1-3-7(2)10-6-9(11)8-4-5-8/h1,7-11H,4-6H2,2H3. The van der Waals surface area contributed by atoms with Crippen molar-refractivity contribution in [3.8, 4) is 12.3 Å². The Kier molecular flexibility index (Phi) is 2.92. The molecule has 1 rings (SSSR count). The fourth-order valence-electron chi connectivity index (χ4n) is 1.00. The minimum atomic E-state index is -0.189. The SMILES string of the molecule is C#CC(C)NCC(O)C1CC1. The Morgan fingerprint density at radius 1 is 1.73 bits per heavy atom. The first-order valence-electron chi connectivity index (χ1n) is 4.11. The third-order valence-corrected chi connectivity index (χ3v) is 2.05. The zero-order valence-electron chi connectivity index (χ0n) is 6.88. The molecule has 2 atom stereocenters. The van der Waals surface area contributed by atoms with Crippen molar-refractivity contribution in [2.75, 3.05) is 6.54 Å². The second-order valence-corrected chi connectivity index (χ2v) is 3.20. The van der Waals surface area contributed by atoms with Crippen molar-refractivity contribution < 1.29 is 5.11 Å². The van der Waals surface area contributed by atoms with Crippen LogP contribution >= 0.6 is 0 Å². The average Bonchev–Trinajstić information content (AvgIpc) is 2.81. The van der Waals surface area contributed by atoms with E-state index in [1.165, 1.54) is 12.8 Å². The minimum Gasteiger partial charge on any atom is -0.392 e. The third-order valence-electron chi connectivity index (χ3n) is 2.05. The van der Waals surface area contributed by atoms with E-state index in [9.17, 15) is 5.11 Å². The first-order valence-corrected chi connectivity index (χ1v) is 4.11. The Balaban J connectivity index is 2.06. The zero-order valence-corrected chi connectivity index (χ0v) is 6.88. The molecule has 1 saturated carbocycles. The van der Waals surface area contributed by atoms with Crippen LogP contribution in [0.3, 0.4) is 0 Å². The predicted octanol–water partition coefficient (Wildman–Crippen LogP) is 0.369. The van der Waals surface area contributed by atoms with Crippen molar-refractivity contribution in [2.45, 2.75) is 31.9 Å². The van der Waals surface area contributed by atoms with Gasteiger partial charge in [-0.2, -0.15) is 0 Å². The van der Waals surface area contributed by atoms with Crippen molar-refractivity contribution in [3.63, 3.8) is 0 Å². The van der Waals surface area contributed by atoms with Gasteiger partial charge in [0.15, 0.2) is 0 Å². The highest BCUT2D eigenvalue weighted by atomic mass is 16.3. The average molecular weight is 153 g/mol. The van der Waals surface area contributed by atoms with Gasteiger partial charge in [0.1, 0.15) is 0 Å². The summed E-state index contributed by atoms with van der Waals surface area (Å²) in [5, 5.41) is 12.5. The van der Waals surface area contributed by atoms with E-state index < -0.39 is 0 Å². The molecule has 0 heterocycles. The molecule has 2 unspecified atom stereocenters. The first-order chi connectivity index (χ1) is 5.24. The van der Waals surface area contributed by atoms with E-state index in [1.807, 2.05) is 6.92 Å². The van der Waals surface area contributed by atoms with E-state index >= 15 is 0 Å². The third kappa shape index (κ3) is 2.92. The summed E-state index contributed by atoms with van der Waals surface area (Å²) >= 11 is 0. The van der Waals surface area contributed by atoms with Crippen LogP contribution in [0.5, 0.6) is 0 Å². The number of aliphatic hydroxyl groups excluding tert-OH is 1. The van der Waals surface area contributed by atoms with Gasteiger partial charge in [0.05, 0.1) is 12.1 Å². The summed E-state index contributed by atoms with van der Waals surface area (Å²) in [6, 6.07) is 0.0726. The lowest BCUT2D eigenvalue weighted by molar-refractivity contribution is 0.147. The summed E-state index contributed by atoms with van der Waals surface area (Å²) in [6.07, 6.45) is 7.31. The molecule has 0 aliphatic heterocycles. The smallest absolute Gasteiger partial charge is 0.0693 e. The van der Waals surface area contributed by atoms with E-state index in [0.717, 1.165) is 0 Å². The summed E-state index contributed by atoms with van der Waals surface area (Å²) in [4.78, 5) is 0. The van der Waals surface area contributed by atoms with Gasteiger partial charge in [-0.1, -0.05) is 5.92 Å². The normalized spacial score (nSPS) is 22.3. The second-order valence-electron chi connectivity index (χ2n) is 3.20. The van der Waals surface area contributed by atoms with E-state index in [-0.39, 0.29) is 12.1 Å². The number of hydrogen-bond donors (Lipinski definition) is 2. The summed E-state index contributed by atoms with van der Waals surface area (Å²) in [7, 11) is 0. The van der Waals surface area contributed by atoms with Gasteiger partial charge in [-0.15, -0.1) is 6.42 Å². The number of terminal acetylenes is 1. The first kappa shape index (κ1) is 8.58. The number of aliphatic hydroxyl groups is 1. The van der Waals surface area contributed by atoms with Crippen LogP contribution in [0.15, 0.2) is 0 Å². The Morgan fingerprint density at radius 3 is 2.82 bits per heavy atom. The summed E-state index contributed by atoms with van der Waals surface area (Å²) in [5.41, 5.74) is 0. The number of rotatable bonds is 4. The molecule has 2 heteroatoms. The highest BCUT2D eigenvalue weighted by Crippen LogP contribution is 2.32. The quantitative estimate of drug-likeness (QED) is 0.572. The maximum atomic E-state index is 9.40. The predicted molar refractivity (Wildman–Crippen MR) is 45.0 cm³/mol. The lowest BCUT2D eigenvalue weighted by Crippen LogP contribution is -2.33. The molecule has 0 aromatic carbocycles. The topological polar surface area (TPSA) is 32.3 Å². The highest BCUT2D eigenvalue weighted by Gasteiger charge is 2.29. The molecule has 62 valence electrons. The van der Waals surface area contributed by atoms with Gasteiger partial charge in [-0.05, 0) is 25.7 Å². The van der Waals surface area contributed by atoms with Crippen LogP contribution in [0.2, 0.25) is 0 Å². The van der Waals surface area contributed by atoms with E-state index in [2.05, 4.69) is 11.2 Å². The van der Waals surface area contributed by atoms with Gasteiger partial charge >= 0.3 is 0 Å². The van der Waals surface area contributed by atoms with Crippen LogP contribution in [0, 0.1) is 18.3 Å². The van der Waals surface area contributed by atoms with Crippen LogP contribution in [0.4, 0.5) is 0 Å². The summed E-state index contributed by atoms with van der Waals surface area (Å²) in [5.74, 6) is 3.09. The van der Waals surface area contributed by atoms with Crippen LogP contribution in [0.25, 0.3) is 0 Å². The monoisotopic (exact) mass is 153 g/mol. The molecule has 0 aromatic heterocycles. The Morgan fingerprint density at radius 2 is 2.36 bits per heavy atom. The molecule has 0 bridgehead atoms. The Labute approximate surface area is 68.0 Å². The van der Waals surface area contributed by atoms with E-state index in [4.69, 9.17) is 6.42 Å². The van der Waals surface area contributed by atoms with Crippen LogP contribution < -0.4 is 5.32 Å². The van der Waals surface area contributed by atoms with Crippen molar-refractivity contribution in [1.82, 2.24) is 5.32 Å². The molecule has 1 aliphatic carbocycles. The second kappa shape index (κ2) is 3.75. The largest absolute Gasteiger partial charge is 0.392 e. The lowest BCUT2D eigenvalue weighted by atomic mass is 10.2. The Hall–Kier alpha value is -0.520. The lowest BCUT2D eigenvalue weighted by Gasteiger charge is -2.12. The zero-order chi connectivity index (χ0) is 8.27. The maximum Gasteiger partial charge on any atom is 0.0693 e. The fourth-order valence-corrected chi connectivity index (χ4v) is 1.00. The van der Waals surface area contributed by atoms with Gasteiger partial charge in [-0.3, -0.25) is 0 Å². The molecule has 0 spiro atoms.